The number of phenolic OH excluding ortho intramolecular Hbond substituents is 1. The summed E-state index contributed by atoms with van der Waals surface area (Å²) < 4.78 is 6.79. The molecule has 7 nitrogen and oxygen atoms in total. The molecule has 0 spiro atoms. The van der Waals surface area contributed by atoms with Gasteiger partial charge in [-0.3, -0.25) is 4.79 Å². The number of aliphatic hydroxyl groups is 1. The van der Waals surface area contributed by atoms with E-state index < -0.39 is 11.6 Å². The molecule has 3 heterocycles. The first-order valence-electron chi connectivity index (χ1n) is 10.3. The van der Waals surface area contributed by atoms with Crippen molar-refractivity contribution < 1.29 is 19.7 Å². The summed E-state index contributed by atoms with van der Waals surface area (Å²) in [5.74, 6) is -0.472. The van der Waals surface area contributed by atoms with E-state index in [1.54, 1.807) is 23.6 Å². The van der Waals surface area contributed by atoms with E-state index >= 15 is 0 Å². The van der Waals surface area contributed by atoms with Crippen LogP contribution in [0.5, 0.6) is 5.75 Å². The molecule has 7 heteroatoms. The van der Waals surface area contributed by atoms with Crippen molar-refractivity contribution in [3.63, 3.8) is 0 Å². The lowest BCUT2D eigenvalue weighted by Gasteiger charge is -2.31. The quantitative estimate of drug-likeness (QED) is 0.495. The lowest BCUT2D eigenvalue weighted by Crippen LogP contribution is -2.44. The predicted octanol–water partition coefficient (Wildman–Crippen LogP) is 2.45. The van der Waals surface area contributed by atoms with E-state index in [0.29, 0.717) is 29.9 Å². The van der Waals surface area contributed by atoms with Gasteiger partial charge in [0.25, 0.3) is 5.56 Å². The van der Waals surface area contributed by atoms with Gasteiger partial charge in [-0.05, 0) is 61.1 Å². The SMILES string of the molecule is CCC1(O)C(=O)OCc2c1cc1n(c2=O)Cc2cc3c(CN(C)C)c(O)ccc3cc2-1. The number of hydrogen-bond acceptors (Lipinski definition) is 6. The smallest absolute Gasteiger partial charge is 0.343 e. The average molecular weight is 420 g/mol. The van der Waals surface area contributed by atoms with Crippen LogP contribution in [0.4, 0.5) is 0 Å². The van der Waals surface area contributed by atoms with E-state index in [2.05, 4.69) is 0 Å². The summed E-state index contributed by atoms with van der Waals surface area (Å²) in [6.07, 6.45) is 0.124. The molecule has 0 saturated carbocycles. The molecule has 2 aromatic carbocycles. The maximum absolute atomic E-state index is 13.3. The molecule has 0 amide bonds. The van der Waals surface area contributed by atoms with Gasteiger partial charge in [-0.2, -0.15) is 0 Å². The molecule has 160 valence electrons. The van der Waals surface area contributed by atoms with E-state index in [1.165, 1.54) is 0 Å². The summed E-state index contributed by atoms with van der Waals surface area (Å²) in [5.41, 5.74) is 1.99. The zero-order valence-electron chi connectivity index (χ0n) is 17.7. The van der Waals surface area contributed by atoms with Crippen molar-refractivity contribution in [2.75, 3.05) is 14.1 Å². The number of cyclic esters (lactones) is 1. The minimum atomic E-state index is -1.81. The van der Waals surface area contributed by atoms with Crippen LogP contribution in [-0.2, 0) is 34.8 Å². The van der Waals surface area contributed by atoms with Gasteiger partial charge in [0.15, 0.2) is 5.60 Å². The number of aromatic nitrogens is 1. The maximum Gasteiger partial charge on any atom is 0.343 e. The fourth-order valence-electron chi connectivity index (χ4n) is 4.77. The molecule has 0 aliphatic carbocycles. The summed E-state index contributed by atoms with van der Waals surface area (Å²) in [5, 5.41) is 23.3. The number of esters is 1. The van der Waals surface area contributed by atoms with Crippen molar-refractivity contribution in [1.29, 1.82) is 0 Å². The molecule has 1 atom stereocenters. The molecule has 2 aliphatic rings. The first-order chi connectivity index (χ1) is 14.7. The Bertz CT molecular complexity index is 1320. The third kappa shape index (κ3) is 2.73. The molecule has 2 N–H and O–H groups in total. The Kier molecular flexibility index (Phi) is 4.26. The topological polar surface area (TPSA) is 92.0 Å². The minimum Gasteiger partial charge on any atom is -0.508 e. The van der Waals surface area contributed by atoms with Crippen LogP contribution < -0.4 is 5.56 Å². The number of nitrogens with zero attached hydrogens (tertiary/aromatic N) is 2. The zero-order valence-corrected chi connectivity index (χ0v) is 17.7. The Balaban J connectivity index is 1.75. The number of phenols is 1. The average Bonchev–Trinajstić information content (AvgIpc) is 3.10. The summed E-state index contributed by atoms with van der Waals surface area (Å²) in [4.78, 5) is 27.5. The fraction of sp³-hybridized carbons (Fsp3) is 0.333. The summed E-state index contributed by atoms with van der Waals surface area (Å²) in [6, 6.07) is 9.36. The lowest BCUT2D eigenvalue weighted by molar-refractivity contribution is -0.172. The Labute approximate surface area is 179 Å². The molecular formula is C24H24N2O5. The zero-order chi connectivity index (χ0) is 22.1. The van der Waals surface area contributed by atoms with Gasteiger partial charge in [-0.1, -0.05) is 13.0 Å². The predicted molar refractivity (Wildman–Crippen MR) is 116 cm³/mol. The van der Waals surface area contributed by atoms with Crippen LogP contribution in [0.2, 0.25) is 0 Å². The van der Waals surface area contributed by atoms with Crippen molar-refractivity contribution in [1.82, 2.24) is 9.47 Å². The standard InChI is InChI=1S/C24H24N2O5/c1-4-24(30)19-9-20-16-7-13-5-6-21(27)17(11-25(2)3)15(13)8-14(16)10-26(20)22(28)18(19)12-31-23(24)29/h5-9,27,30H,4,10-12H2,1-3H3. The molecule has 0 saturated heterocycles. The maximum atomic E-state index is 13.3. The highest BCUT2D eigenvalue weighted by Gasteiger charge is 2.45. The third-order valence-electron chi connectivity index (χ3n) is 6.45. The number of pyridine rings is 1. The van der Waals surface area contributed by atoms with Crippen molar-refractivity contribution in [2.24, 2.45) is 0 Å². The second kappa shape index (κ2) is 6.67. The molecule has 1 aromatic heterocycles. The van der Waals surface area contributed by atoms with E-state index in [0.717, 1.165) is 27.5 Å². The normalized spacial score (nSPS) is 19.3. The molecule has 3 aromatic rings. The van der Waals surface area contributed by atoms with Crippen LogP contribution in [0.15, 0.2) is 35.1 Å². The van der Waals surface area contributed by atoms with Gasteiger partial charge in [0.2, 0.25) is 0 Å². The summed E-state index contributed by atoms with van der Waals surface area (Å²) >= 11 is 0. The molecule has 2 aliphatic heterocycles. The minimum absolute atomic E-state index is 0.124. The second-order valence-corrected chi connectivity index (χ2v) is 8.63. The van der Waals surface area contributed by atoms with Crippen molar-refractivity contribution in [3.05, 3.63) is 62.9 Å². The van der Waals surface area contributed by atoms with Crippen LogP contribution in [0, 0.1) is 0 Å². The van der Waals surface area contributed by atoms with Gasteiger partial charge in [0.1, 0.15) is 12.4 Å². The first-order valence-corrected chi connectivity index (χ1v) is 10.3. The molecule has 0 fully saturated rings. The van der Waals surface area contributed by atoms with Crippen LogP contribution in [0.3, 0.4) is 0 Å². The van der Waals surface area contributed by atoms with Gasteiger partial charge < -0.3 is 24.4 Å². The Morgan fingerprint density at radius 1 is 1.19 bits per heavy atom. The fourth-order valence-corrected chi connectivity index (χ4v) is 4.77. The molecular weight excluding hydrogens is 396 g/mol. The summed E-state index contributed by atoms with van der Waals surface area (Å²) in [7, 11) is 3.90. The van der Waals surface area contributed by atoms with Crippen LogP contribution in [-0.4, -0.2) is 39.7 Å². The monoisotopic (exact) mass is 420 g/mol. The number of carbonyl (C=O) groups is 1. The van der Waals surface area contributed by atoms with E-state index in [4.69, 9.17) is 4.74 Å². The highest BCUT2D eigenvalue weighted by Crippen LogP contribution is 2.41. The number of benzene rings is 2. The van der Waals surface area contributed by atoms with Gasteiger partial charge in [0.05, 0.1) is 17.8 Å². The lowest BCUT2D eigenvalue weighted by atomic mass is 9.85. The number of carbonyl (C=O) groups excluding carboxylic acids is 1. The van der Waals surface area contributed by atoms with Crippen molar-refractivity contribution in [3.8, 4) is 17.0 Å². The van der Waals surface area contributed by atoms with Gasteiger partial charge in [-0.25, -0.2) is 4.79 Å². The summed E-state index contributed by atoms with van der Waals surface area (Å²) in [6.45, 7) is 2.55. The van der Waals surface area contributed by atoms with Gasteiger partial charge >= 0.3 is 5.97 Å². The molecule has 1 unspecified atom stereocenters. The highest BCUT2D eigenvalue weighted by molar-refractivity contribution is 5.93. The molecule has 31 heavy (non-hydrogen) atoms. The van der Waals surface area contributed by atoms with Crippen LogP contribution in [0.1, 0.15) is 35.6 Å². The highest BCUT2D eigenvalue weighted by atomic mass is 16.6. The number of hydrogen-bond donors (Lipinski definition) is 2. The van der Waals surface area contributed by atoms with Crippen molar-refractivity contribution in [2.45, 2.75) is 38.6 Å². The Morgan fingerprint density at radius 3 is 2.68 bits per heavy atom. The number of ether oxygens (including phenoxy) is 1. The second-order valence-electron chi connectivity index (χ2n) is 8.63. The molecule has 0 bridgehead atoms. The van der Waals surface area contributed by atoms with E-state index in [9.17, 15) is 19.8 Å². The molecule has 5 rings (SSSR count). The first kappa shape index (κ1) is 19.8. The number of fused-ring (bicyclic) bond motifs is 5. The number of aromatic hydroxyl groups is 1. The van der Waals surface area contributed by atoms with Crippen LogP contribution >= 0.6 is 0 Å². The Hall–Kier alpha value is -3.16. The third-order valence-corrected chi connectivity index (χ3v) is 6.45. The van der Waals surface area contributed by atoms with Gasteiger partial charge in [-0.15, -0.1) is 0 Å². The van der Waals surface area contributed by atoms with E-state index in [1.807, 2.05) is 37.2 Å². The Morgan fingerprint density at radius 2 is 1.97 bits per heavy atom. The van der Waals surface area contributed by atoms with Crippen molar-refractivity contribution >= 4 is 16.7 Å². The van der Waals surface area contributed by atoms with Crippen LogP contribution in [0.25, 0.3) is 22.0 Å². The van der Waals surface area contributed by atoms with Gasteiger partial charge in [0, 0.05) is 23.2 Å². The van der Waals surface area contributed by atoms with E-state index in [-0.39, 0.29) is 24.3 Å². The number of rotatable bonds is 3. The largest absolute Gasteiger partial charge is 0.508 e. The molecule has 0 radical (unpaired) electrons.